The number of carbonyl (C=O) groups is 1. The van der Waals surface area contributed by atoms with E-state index in [4.69, 9.17) is 0 Å². The van der Waals surface area contributed by atoms with Gasteiger partial charge in [-0.2, -0.15) is 10.2 Å². The molecule has 0 saturated heterocycles. The summed E-state index contributed by atoms with van der Waals surface area (Å²) in [5.74, 6) is 0.384. The van der Waals surface area contributed by atoms with Gasteiger partial charge in [0.15, 0.2) is 0 Å². The molecule has 0 radical (unpaired) electrons. The molecular formula is C22H25N7O. The molecule has 8 heteroatoms. The van der Waals surface area contributed by atoms with Gasteiger partial charge in [0.05, 0.1) is 24.1 Å². The minimum absolute atomic E-state index is 0.0931. The minimum atomic E-state index is -0.195. The number of anilines is 2. The van der Waals surface area contributed by atoms with Gasteiger partial charge in [0.25, 0.3) is 5.91 Å². The summed E-state index contributed by atoms with van der Waals surface area (Å²) in [6.07, 6.45) is 3.49. The predicted octanol–water partition coefficient (Wildman–Crippen LogP) is 4.59. The van der Waals surface area contributed by atoms with Crippen molar-refractivity contribution in [3.05, 3.63) is 71.2 Å². The molecule has 0 fully saturated rings. The zero-order valence-corrected chi connectivity index (χ0v) is 17.5. The molecule has 3 aromatic rings. The highest BCUT2D eigenvalue weighted by Gasteiger charge is 2.25. The average molecular weight is 403 g/mol. The Morgan fingerprint density at radius 2 is 2.07 bits per heavy atom. The standard InChI is InChI=1S/C22H25N7O/c1-14-7-8-15(21(30)24-20-11-19(26-27-20)22(2,3)4)10-17(14)18-13-29(28-25-18)16-6-5-9-23-12-16/h5-12,18H,13H2,1-4H3,(H2,24,26,27,30). The minimum Gasteiger partial charge on any atom is -0.307 e. The number of nitrogens with one attached hydrogen (secondary N) is 2. The highest BCUT2D eigenvalue weighted by atomic mass is 16.1. The van der Waals surface area contributed by atoms with Crippen LogP contribution in [0.15, 0.2) is 59.1 Å². The van der Waals surface area contributed by atoms with Crippen molar-refractivity contribution < 1.29 is 4.79 Å². The second-order valence-corrected chi connectivity index (χ2v) is 8.46. The summed E-state index contributed by atoms with van der Waals surface area (Å²) in [5.41, 5.74) is 4.31. The van der Waals surface area contributed by atoms with E-state index < -0.39 is 0 Å². The molecule has 0 bridgehead atoms. The molecule has 2 aromatic heterocycles. The van der Waals surface area contributed by atoms with Gasteiger partial charge in [-0.05, 0) is 42.3 Å². The second kappa shape index (κ2) is 7.70. The molecule has 1 aliphatic heterocycles. The number of carbonyl (C=O) groups excluding carboxylic acids is 1. The molecule has 0 aliphatic carbocycles. The topological polar surface area (TPSA) is 98.6 Å². The Labute approximate surface area is 175 Å². The summed E-state index contributed by atoms with van der Waals surface area (Å²) >= 11 is 0. The Morgan fingerprint density at radius 3 is 2.77 bits per heavy atom. The van der Waals surface area contributed by atoms with Crippen LogP contribution in [0.3, 0.4) is 0 Å². The summed E-state index contributed by atoms with van der Waals surface area (Å²) in [7, 11) is 0. The van der Waals surface area contributed by atoms with Gasteiger partial charge in [-0.1, -0.05) is 32.1 Å². The Morgan fingerprint density at radius 1 is 1.23 bits per heavy atom. The quantitative estimate of drug-likeness (QED) is 0.665. The third-order valence-electron chi connectivity index (χ3n) is 5.08. The lowest BCUT2D eigenvalue weighted by molar-refractivity contribution is 0.102. The van der Waals surface area contributed by atoms with Crippen LogP contribution in [0.5, 0.6) is 0 Å². The SMILES string of the molecule is Cc1ccc(C(=O)Nc2cc(C(C)(C)C)n[nH]2)cc1C1CN(c2cccnc2)N=N1. The summed E-state index contributed by atoms with van der Waals surface area (Å²) in [6, 6.07) is 11.2. The van der Waals surface area contributed by atoms with Crippen molar-refractivity contribution in [3.63, 3.8) is 0 Å². The molecule has 154 valence electrons. The van der Waals surface area contributed by atoms with Crippen LogP contribution in [0.1, 0.15) is 54.0 Å². The van der Waals surface area contributed by atoms with Crippen molar-refractivity contribution in [2.45, 2.75) is 39.2 Å². The van der Waals surface area contributed by atoms with Crippen LogP contribution >= 0.6 is 0 Å². The van der Waals surface area contributed by atoms with E-state index in [-0.39, 0.29) is 17.4 Å². The van der Waals surface area contributed by atoms with Gasteiger partial charge in [-0.3, -0.25) is 14.9 Å². The zero-order chi connectivity index (χ0) is 21.3. The second-order valence-electron chi connectivity index (χ2n) is 8.46. The van der Waals surface area contributed by atoms with E-state index in [1.165, 1.54) is 0 Å². The largest absolute Gasteiger partial charge is 0.307 e. The highest BCUT2D eigenvalue weighted by molar-refractivity contribution is 6.04. The fraction of sp³-hybridized carbons (Fsp3) is 0.318. The lowest BCUT2D eigenvalue weighted by atomic mass is 9.92. The number of nitrogens with zero attached hydrogens (tertiary/aromatic N) is 5. The first kappa shape index (κ1) is 19.8. The Hall–Kier alpha value is -3.55. The maximum atomic E-state index is 12.8. The Balaban J connectivity index is 1.50. The number of benzene rings is 1. The molecule has 8 nitrogen and oxygen atoms in total. The van der Waals surface area contributed by atoms with Crippen LogP contribution in [0, 0.1) is 6.92 Å². The van der Waals surface area contributed by atoms with Crippen molar-refractivity contribution in [1.29, 1.82) is 0 Å². The van der Waals surface area contributed by atoms with Crippen LogP contribution in [-0.2, 0) is 5.41 Å². The molecule has 0 saturated carbocycles. The summed E-state index contributed by atoms with van der Waals surface area (Å²) in [4.78, 5) is 16.9. The van der Waals surface area contributed by atoms with E-state index in [1.807, 2.05) is 48.3 Å². The van der Waals surface area contributed by atoms with E-state index in [0.717, 1.165) is 22.5 Å². The van der Waals surface area contributed by atoms with Gasteiger partial charge in [0.1, 0.15) is 11.9 Å². The lowest BCUT2D eigenvalue weighted by Gasteiger charge is -2.15. The average Bonchev–Trinajstić information content (AvgIpc) is 3.38. The molecule has 1 amide bonds. The number of amides is 1. The molecule has 3 heterocycles. The molecular weight excluding hydrogens is 378 g/mol. The number of H-pyrrole nitrogens is 1. The molecule has 0 spiro atoms. The van der Waals surface area contributed by atoms with Crippen LogP contribution in [0.2, 0.25) is 0 Å². The Bertz CT molecular complexity index is 1080. The van der Waals surface area contributed by atoms with Crippen molar-refractivity contribution in [3.8, 4) is 0 Å². The van der Waals surface area contributed by atoms with E-state index >= 15 is 0 Å². The lowest BCUT2D eigenvalue weighted by Crippen LogP contribution is -2.17. The summed E-state index contributed by atoms with van der Waals surface area (Å²) in [5, 5.41) is 20.6. The van der Waals surface area contributed by atoms with Crippen LogP contribution < -0.4 is 10.3 Å². The molecule has 30 heavy (non-hydrogen) atoms. The van der Waals surface area contributed by atoms with Crippen LogP contribution in [-0.4, -0.2) is 27.6 Å². The first-order valence-corrected chi connectivity index (χ1v) is 9.87. The van der Waals surface area contributed by atoms with Crippen LogP contribution in [0.25, 0.3) is 0 Å². The van der Waals surface area contributed by atoms with Gasteiger partial charge in [-0.15, -0.1) is 0 Å². The van der Waals surface area contributed by atoms with Crippen molar-refractivity contribution >= 4 is 17.4 Å². The van der Waals surface area contributed by atoms with Crippen molar-refractivity contribution in [2.75, 3.05) is 16.9 Å². The number of aryl methyl sites for hydroxylation is 1. The van der Waals surface area contributed by atoms with Gasteiger partial charge >= 0.3 is 0 Å². The van der Waals surface area contributed by atoms with Crippen molar-refractivity contribution in [1.82, 2.24) is 15.2 Å². The molecule has 1 atom stereocenters. The van der Waals surface area contributed by atoms with E-state index in [0.29, 0.717) is 17.9 Å². The first-order valence-electron chi connectivity index (χ1n) is 9.87. The molecule has 2 N–H and O–H groups in total. The molecule has 1 aromatic carbocycles. The number of aromatic amines is 1. The van der Waals surface area contributed by atoms with Gasteiger partial charge in [0, 0.05) is 23.2 Å². The number of aromatic nitrogens is 3. The third kappa shape index (κ3) is 4.07. The number of pyridine rings is 1. The third-order valence-corrected chi connectivity index (χ3v) is 5.08. The predicted molar refractivity (Wildman–Crippen MR) is 116 cm³/mol. The first-order chi connectivity index (χ1) is 14.3. The number of hydrogen-bond acceptors (Lipinski definition) is 6. The van der Waals surface area contributed by atoms with E-state index in [2.05, 4.69) is 51.6 Å². The zero-order valence-electron chi connectivity index (χ0n) is 17.5. The monoisotopic (exact) mass is 403 g/mol. The number of rotatable bonds is 4. The fourth-order valence-corrected chi connectivity index (χ4v) is 3.29. The van der Waals surface area contributed by atoms with Gasteiger partial charge in [0.2, 0.25) is 0 Å². The maximum absolute atomic E-state index is 12.8. The fourth-order valence-electron chi connectivity index (χ4n) is 3.29. The molecule has 1 aliphatic rings. The molecule has 1 unspecified atom stereocenters. The smallest absolute Gasteiger partial charge is 0.256 e. The molecule has 4 rings (SSSR count). The normalized spacial score (nSPS) is 16.1. The summed E-state index contributed by atoms with van der Waals surface area (Å²) < 4.78 is 0. The van der Waals surface area contributed by atoms with Crippen molar-refractivity contribution in [2.24, 2.45) is 10.3 Å². The van der Waals surface area contributed by atoms with E-state index in [1.54, 1.807) is 12.4 Å². The maximum Gasteiger partial charge on any atom is 0.256 e. The van der Waals surface area contributed by atoms with E-state index in [9.17, 15) is 4.79 Å². The van der Waals surface area contributed by atoms with Gasteiger partial charge < -0.3 is 5.32 Å². The number of hydrogen-bond donors (Lipinski definition) is 2. The highest BCUT2D eigenvalue weighted by Crippen LogP contribution is 2.31. The van der Waals surface area contributed by atoms with Crippen LogP contribution in [0.4, 0.5) is 11.5 Å². The summed E-state index contributed by atoms with van der Waals surface area (Å²) in [6.45, 7) is 8.85. The Kier molecular flexibility index (Phi) is 5.07. The van der Waals surface area contributed by atoms with Gasteiger partial charge in [-0.25, -0.2) is 5.01 Å².